The van der Waals surface area contributed by atoms with Crippen LogP contribution in [0.25, 0.3) is 22.9 Å². The van der Waals surface area contributed by atoms with Gasteiger partial charge in [0, 0.05) is 11.3 Å². The number of rotatable bonds is 5. The van der Waals surface area contributed by atoms with Gasteiger partial charge in [0.05, 0.1) is 11.1 Å². The first-order chi connectivity index (χ1) is 14.1. The van der Waals surface area contributed by atoms with E-state index in [1.807, 2.05) is 0 Å². The van der Waals surface area contributed by atoms with Crippen molar-refractivity contribution in [1.29, 1.82) is 0 Å². The van der Waals surface area contributed by atoms with Crippen molar-refractivity contribution in [3.05, 3.63) is 53.6 Å². The van der Waals surface area contributed by atoms with Gasteiger partial charge in [-0.15, -0.1) is 10.2 Å². The molecule has 1 aromatic heterocycles. The maximum atomic E-state index is 13.6. The molecule has 3 rings (SSSR count). The van der Waals surface area contributed by atoms with Crippen molar-refractivity contribution in [2.24, 2.45) is 0 Å². The Morgan fingerprint density at radius 3 is 2.23 bits per heavy atom. The lowest BCUT2D eigenvalue weighted by molar-refractivity contribution is -0.137. The molecule has 158 valence electrons. The van der Waals surface area contributed by atoms with Gasteiger partial charge in [-0.05, 0) is 41.8 Å². The highest BCUT2D eigenvalue weighted by atomic mass is 35.5. The normalized spacial score (nSPS) is 11.9. The monoisotopic (exact) mass is 457 g/mol. The molecule has 1 N–H and O–H groups in total. The molecule has 0 aliphatic heterocycles. The van der Waals surface area contributed by atoms with E-state index >= 15 is 0 Å². The summed E-state index contributed by atoms with van der Waals surface area (Å²) in [5.41, 5.74) is 0.390. The number of nitrogens with one attached hydrogen (secondary N) is 1. The fourth-order valence-corrected chi connectivity index (χ4v) is 2.97. The summed E-state index contributed by atoms with van der Waals surface area (Å²) in [5.74, 6) is -0.947. The molecule has 10 heteroatoms. The first-order valence-corrected chi connectivity index (χ1v) is 9.68. The number of hydrogen-bond donors (Lipinski definition) is 1. The summed E-state index contributed by atoms with van der Waals surface area (Å²) in [6.07, 6.45) is -4.57. The van der Waals surface area contributed by atoms with Crippen molar-refractivity contribution in [2.45, 2.75) is 30.8 Å². The molecule has 0 saturated heterocycles. The van der Waals surface area contributed by atoms with Crippen LogP contribution in [0.4, 0.5) is 18.9 Å². The molecule has 0 unspecified atom stereocenters. The van der Waals surface area contributed by atoms with E-state index in [1.165, 1.54) is 6.07 Å². The minimum Gasteiger partial charge on any atom is -0.416 e. The number of carbonyl (C=O) groups excluding carboxylic acids is 1. The third-order valence-corrected chi connectivity index (χ3v) is 4.66. The molecule has 5 nitrogen and oxygen atoms in total. The number of benzene rings is 2. The summed E-state index contributed by atoms with van der Waals surface area (Å²) in [5, 5.41) is 10.2. The third kappa shape index (κ3) is 4.76. The van der Waals surface area contributed by atoms with Crippen LogP contribution in [0.3, 0.4) is 0 Å². The number of carbonyl (C=O) groups is 1. The van der Waals surface area contributed by atoms with Crippen LogP contribution in [0, 0.1) is 0 Å². The molecule has 30 heavy (non-hydrogen) atoms. The lowest BCUT2D eigenvalue weighted by Gasteiger charge is -2.16. The predicted octanol–water partition coefficient (Wildman–Crippen LogP) is 6.29. The number of alkyl halides is 5. The Bertz CT molecular complexity index is 1050. The van der Waals surface area contributed by atoms with Crippen molar-refractivity contribution < 1.29 is 22.4 Å². The van der Waals surface area contributed by atoms with Gasteiger partial charge in [-0.2, -0.15) is 13.2 Å². The van der Waals surface area contributed by atoms with E-state index in [4.69, 9.17) is 27.6 Å². The summed E-state index contributed by atoms with van der Waals surface area (Å²) in [4.78, 5) is 10.3. The molecule has 0 aliphatic rings. The zero-order valence-corrected chi connectivity index (χ0v) is 17.3. The Hall–Kier alpha value is -2.58. The highest BCUT2D eigenvalue weighted by Gasteiger charge is 2.36. The van der Waals surface area contributed by atoms with Gasteiger partial charge in [0.2, 0.25) is 11.8 Å². The lowest BCUT2D eigenvalue weighted by atomic mass is 9.93. The van der Waals surface area contributed by atoms with Crippen LogP contribution in [0.2, 0.25) is 0 Å². The smallest absolute Gasteiger partial charge is 0.416 e. The number of anilines is 1. The van der Waals surface area contributed by atoms with Crippen molar-refractivity contribution in [1.82, 2.24) is 10.2 Å². The summed E-state index contributed by atoms with van der Waals surface area (Å²) < 4.78 is 46.3. The van der Waals surface area contributed by atoms with E-state index in [1.54, 1.807) is 44.2 Å². The minimum atomic E-state index is -4.57. The molecule has 0 saturated carbocycles. The van der Waals surface area contributed by atoms with Crippen molar-refractivity contribution in [3.8, 4) is 22.9 Å². The zero-order chi connectivity index (χ0) is 22.1. The Labute approximate surface area is 180 Å². The molecule has 2 aromatic carbocycles. The molecule has 1 heterocycles. The second-order valence-corrected chi connectivity index (χ2v) is 7.80. The fourth-order valence-electron chi connectivity index (χ4n) is 2.86. The van der Waals surface area contributed by atoms with Crippen molar-refractivity contribution in [2.75, 3.05) is 5.32 Å². The van der Waals surface area contributed by atoms with Crippen LogP contribution >= 0.6 is 23.2 Å². The molecule has 1 amide bonds. The third-order valence-electron chi connectivity index (χ3n) is 4.26. The Morgan fingerprint density at radius 2 is 1.67 bits per heavy atom. The zero-order valence-electron chi connectivity index (χ0n) is 15.8. The maximum Gasteiger partial charge on any atom is 0.417 e. The van der Waals surface area contributed by atoms with Crippen LogP contribution in [-0.4, -0.2) is 20.9 Å². The molecule has 0 bridgehead atoms. The van der Waals surface area contributed by atoms with Gasteiger partial charge in [-0.3, -0.25) is 4.79 Å². The number of halogens is 5. The SMILES string of the molecule is CC(C)c1cccc(C(F)(F)F)c1-c1nnc(-c2ccc(NC(=O)C(Cl)Cl)cc2)o1. The molecule has 0 radical (unpaired) electrons. The second kappa shape index (κ2) is 8.65. The van der Waals surface area contributed by atoms with Crippen LogP contribution < -0.4 is 5.32 Å². The van der Waals surface area contributed by atoms with Gasteiger partial charge >= 0.3 is 6.18 Å². The van der Waals surface area contributed by atoms with Crippen LogP contribution in [0.5, 0.6) is 0 Å². The van der Waals surface area contributed by atoms with E-state index in [9.17, 15) is 18.0 Å². The topological polar surface area (TPSA) is 68.0 Å². The fraction of sp³-hybridized carbons (Fsp3) is 0.250. The Balaban J connectivity index is 1.97. The van der Waals surface area contributed by atoms with Gasteiger partial charge < -0.3 is 9.73 Å². The largest absolute Gasteiger partial charge is 0.417 e. The van der Waals surface area contributed by atoms with Crippen LogP contribution in [0.15, 0.2) is 46.9 Å². The first-order valence-electron chi connectivity index (χ1n) is 8.81. The summed E-state index contributed by atoms with van der Waals surface area (Å²) >= 11 is 11.0. The van der Waals surface area contributed by atoms with Gasteiger partial charge in [0.15, 0.2) is 4.84 Å². The number of nitrogens with zero attached hydrogens (tertiary/aromatic N) is 2. The first kappa shape index (κ1) is 22.1. The summed E-state index contributed by atoms with van der Waals surface area (Å²) in [6.45, 7) is 3.57. The quantitative estimate of drug-likeness (QED) is 0.457. The van der Waals surface area contributed by atoms with E-state index < -0.39 is 22.5 Å². The molecule has 3 aromatic rings. The van der Waals surface area contributed by atoms with E-state index in [2.05, 4.69) is 15.5 Å². The molecular formula is C20H16Cl2F3N3O2. The lowest BCUT2D eigenvalue weighted by Crippen LogP contribution is -2.18. The van der Waals surface area contributed by atoms with Gasteiger partial charge in [-0.25, -0.2) is 0 Å². The van der Waals surface area contributed by atoms with Crippen molar-refractivity contribution >= 4 is 34.8 Å². The van der Waals surface area contributed by atoms with Crippen LogP contribution in [-0.2, 0) is 11.0 Å². The van der Waals surface area contributed by atoms with E-state index in [-0.39, 0.29) is 23.3 Å². The molecule has 0 fully saturated rings. The number of amides is 1. The van der Waals surface area contributed by atoms with E-state index in [0.717, 1.165) is 6.07 Å². The average molecular weight is 458 g/mol. The van der Waals surface area contributed by atoms with Crippen molar-refractivity contribution in [3.63, 3.8) is 0 Å². The second-order valence-electron chi connectivity index (χ2n) is 6.70. The van der Waals surface area contributed by atoms with Crippen LogP contribution in [0.1, 0.15) is 30.9 Å². The number of hydrogen-bond acceptors (Lipinski definition) is 4. The van der Waals surface area contributed by atoms with Gasteiger partial charge in [0.1, 0.15) is 0 Å². The maximum absolute atomic E-state index is 13.6. The van der Waals surface area contributed by atoms with E-state index in [0.29, 0.717) is 16.8 Å². The molecular weight excluding hydrogens is 442 g/mol. The Morgan fingerprint density at radius 1 is 1.03 bits per heavy atom. The predicted molar refractivity (Wildman–Crippen MR) is 108 cm³/mol. The average Bonchev–Trinajstić information content (AvgIpc) is 3.17. The Kier molecular flexibility index (Phi) is 6.38. The summed E-state index contributed by atoms with van der Waals surface area (Å²) in [6, 6.07) is 10.2. The molecule has 0 spiro atoms. The number of aromatic nitrogens is 2. The van der Waals surface area contributed by atoms with Gasteiger partial charge in [-0.1, -0.05) is 49.2 Å². The minimum absolute atomic E-state index is 0.0436. The highest BCUT2D eigenvalue weighted by Crippen LogP contribution is 2.41. The molecule has 0 aliphatic carbocycles. The summed E-state index contributed by atoms with van der Waals surface area (Å²) in [7, 11) is 0. The van der Waals surface area contributed by atoms with Gasteiger partial charge in [0.25, 0.3) is 5.91 Å². The molecule has 0 atom stereocenters. The standard InChI is InChI=1S/C20H16Cl2F3N3O2/c1-10(2)13-4-3-5-14(20(23,24)25)15(13)19-28-27-18(30-19)11-6-8-12(9-7-11)26-17(29)16(21)22/h3-10,16H,1-2H3,(H,26,29). The highest BCUT2D eigenvalue weighted by molar-refractivity contribution is 6.54.